The molecule has 0 saturated carbocycles. The zero-order valence-corrected chi connectivity index (χ0v) is 11.8. The molecule has 2 aliphatic rings. The van der Waals surface area contributed by atoms with Gasteiger partial charge in [-0.25, -0.2) is 0 Å². The van der Waals surface area contributed by atoms with Gasteiger partial charge in [-0.3, -0.25) is 4.79 Å². The summed E-state index contributed by atoms with van der Waals surface area (Å²) >= 11 is 0. The highest BCUT2D eigenvalue weighted by Crippen LogP contribution is 2.54. The molecule has 3 atom stereocenters. The molecule has 6 heteroatoms. The Morgan fingerprint density at radius 1 is 1.48 bits per heavy atom. The molecule has 2 bridgehead atoms. The molecular weight excluding hydrogens is 276 g/mol. The molecule has 0 amide bonds. The number of ketones is 2. The predicted molar refractivity (Wildman–Crippen MR) is 71.6 cm³/mol. The standard InChI is InChI=1S/C15H16O6/c1-6(16)3-7-8-5-21-15(7)12-11(13(8)18)9(17)4-10(20-2)14(12)19/h4,7-8,15,17,19H,3,5H2,1-2H3. The third-order valence-corrected chi connectivity index (χ3v) is 4.25. The second-order valence-corrected chi connectivity index (χ2v) is 5.53. The monoisotopic (exact) mass is 292 g/mol. The Balaban J connectivity index is 2.19. The minimum Gasteiger partial charge on any atom is -0.507 e. The second kappa shape index (κ2) is 4.73. The lowest BCUT2D eigenvalue weighted by Crippen LogP contribution is -2.31. The van der Waals surface area contributed by atoms with Gasteiger partial charge in [-0.05, 0) is 6.92 Å². The number of fused-ring (bicyclic) bond motifs is 4. The molecule has 112 valence electrons. The SMILES string of the molecule is COc1cc(O)c2c(c1O)C1OCC(C2=O)C1CC(C)=O. The van der Waals surface area contributed by atoms with Crippen molar-refractivity contribution < 1.29 is 29.3 Å². The Bertz CT molecular complexity index is 636. The van der Waals surface area contributed by atoms with E-state index in [1.807, 2.05) is 0 Å². The normalized spacial score (nSPS) is 26.6. The zero-order valence-electron chi connectivity index (χ0n) is 11.8. The number of Topliss-reactive ketones (excluding diaryl/α,β-unsaturated/α-hetero) is 2. The van der Waals surface area contributed by atoms with E-state index in [9.17, 15) is 19.8 Å². The second-order valence-electron chi connectivity index (χ2n) is 5.53. The molecule has 3 rings (SSSR count). The summed E-state index contributed by atoms with van der Waals surface area (Å²) in [6.45, 7) is 1.65. The number of phenols is 2. The number of methoxy groups -OCH3 is 1. The molecule has 0 radical (unpaired) electrons. The van der Waals surface area contributed by atoms with E-state index in [4.69, 9.17) is 9.47 Å². The van der Waals surface area contributed by atoms with E-state index in [0.717, 1.165) is 0 Å². The Morgan fingerprint density at radius 3 is 2.81 bits per heavy atom. The lowest BCUT2D eigenvalue weighted by Gasteiger charge is -2.30. The first kappa shape index (κ1) is 13.9. The average Bonchev–Trinajstić information content (AvgIpc) is 2.74. The maximum absolute atomic E-state index is 12.5. The van der Waals surface area contributed by atoms with E-state index in [1.54, 1.807) is 0 Å². The quantitative estimate of drug-likeness (QED) is 0.822. The summed E-state index contributed by atoms with van der Waals surface area (Å²) < 4.78 is 10.6. The van der Waals surface area contributed by atoms with Gasteiger partial charge >= 0.3 is 0 Å². The van der Waals surface area contributed by atoms with Crippen LogP contribution in [0.4, 0.5) is 0 Å². The lowest BCUT2D eigenvalue weighted by molar-refractivity contribution is -0.118. The zero-order chi connectivity index (χ0) is 15.3. The summed E-state index contributed by atoms with van der Waals surface area (Å²) in [4.78, 5) is 24.0. The first-order valence-electron chi connectivity index (χ1n) is 6.73. The van der Waals surface area contributed by atoms with Crippen LogP contribution in [0.15, 0.2) is 6.07 Å². The molecule has 3 unspecified atom stereocenters. The maximum Gasteiger partial charge on any atom is 0.172 e. The summed E-state index contributed by atoms with van der Waals surface area (Å²) in [6, 6.07) is 1.22. The van der Waals surface area contributed by atoms with Crippen molar-refractivity contribution in [1.82, 2.24) is 0 Å². The van der Waals surface area contributed by atoms with Crippen LogP contribution in [0.3, 0.4) is 0 Å². The molecule has 21 heavy (non-hydrogen) atoms. The molecule has 1 aromatic carbocycles. The van der Waals surface area contributed by atoms with Gasteiger partial charge in [0.25, 0.3) is 0 Å². The van der Waals surface area contributed by atoms with Gasteiger partial charge in [-0.2, -0.15) is 0 Å². The Labute approximate surface area is 121 Å². The Morgan fingerprint density at radius 2 is 2.19 bits per heavy atom. The third-order valence-electron chi connectivity index (χ3n) is 4.25. The summed E-state index contributed by atoms with van der Waals surface area (Å²) in [5, 5.41) is 20.4. The number of ether oxygens (including phenoxy) is 2. The van der Waals surface area contributed by atoms with Crippen LogP contribution in [0, 0.1) is 11.8 Å². The van der Waals surface area contributed by atoms with Crippen molar-refractivity contribution in [2.75, 3.05) is 13.7 Å². The van der Waals surface area contributed by atoms with Crippen LogP contribution < -0.4 is 4.74 Å². The van der Waals surface area contributed by atoms with Crippen LogP contribution in [0.1, 0.15) is 35.4 Å². The third kappa shape index (κ3) is 1.90. The van der Waals surface area contributed by atoms with Crippen molar-refractivity contribution in [3.8, 4) is 17.2 Å². The number of phenolic OH excluding ortho intramolecular Hbond substituents is 2. The van der Waals surface area contributed by atoms with E-state index in [2.05, 4.69) is 0 Å². The molecule has 0 spiro atoms. The van der Waals surface area contributed by atoms with Crippen molar-refractivity contribution >= 4 is 11.6 Å². The van der Waals surface area contributed by atoms with E-state index in [-0.39, 0.29) is 58.9 Å². The van der Waals surface area contributed by atoms with Crippen LogP contribution in [0.25, 0.3) is 0 Å². The molecule has 1 fully saturated rings. The number of aromatic hydroxyl groups is 2. The maximum atomic E-state index is 12.5. The number of carbonyl (C=O) groups is 2. The van der Waals surface area contributed by atoms with Crippen LogP contribution in [-0.2, 0) is 9.53 Å². The van der Waals surface area contributed by atoms with E-state index < -0.39 is 12.0 Å². The van der Waals surface area contributed by atoms with Crippen molar-refractivity contribution in [2.24, 2.45) is 11.8 Å². The van der Waals surface area contributed by atoms with Gasteiger partial charge in [-0.15, -0.1) is 0 Å². The number of rotatable bonds is 3. The summed E-state index contributed by atoms with van der Waals surface area (Å²) in [5.41, 5.74) is 0.317. The van der Waals surface area contributed by atoms with Crippen LogP contribution >= 0.6 is 0 Å². The first-order valence-corrected chi connectivity index (χ1v) is 6.73. The van der Waals surface area contributed by atoms with Crippen molar-refractivity contribution in [2.45, 2.75) is 19.4 Å². The van der Waals surface area contributed by atoms with Gasteiger partial charge in [0.1, 0.15) is 11.5 Å². The van der Waals surface area contributed by atoms with Gasteiger partial charge < -0.3 is 24.5 Å². The van der Waals surface area contributed by atoms with E-state index in [1.165, 1.54) is 20.1 Å². The molecule has 1 saturated heterocycles. The molecular formula is C15H16O6. The van der Waals surface area contributed by atoms with Crippen molar-refractivity contribution in [1.29, 1.82) is 0 Å². The first-order chi connectivity index (χ1) is 9.95. The summed E-state index contributed by atoms with van der Waals surface area (Å²) in [7, 11) is 1.36. The highest BCUT2D eigenvalue weighted by Gasteiger charge is 2.51. The Hall–Kier alpha value is -2.08. The summed E-state index contributed by atoms with van der Waals surface area (Å²) in [6.07, 6.45) is -0.370. The van der Waals surface area contributed by atoms with E-state index in [0.29, 0.717) is 0 Å². The van der Waals surface area contributed by atoms with Crippen molar-refractivity contribution in [3.63, 3.8) is 0 Å². The topological polar surface area (TPSA) is 93.1 Å². The minimum atomic E-state index is -0.576. The van der Waals surface area contributed by atoms with Gasteiger partial charge in [0.15, 0.2) is 17.3 Å². The fraction of sp³-hybridized carbons (Fsp3) is 0.467. The average molecular weight is 292 g/mol. The van der Waals surface area contributed by atoms with Gasteiger partial charge in [0, 0.05) is 24.0 Å². The van der Waals surface area contributed by atoms with Gasteiger partial charge in [0.2, 0.25) is 0 Å². The largest absolute Gasteiger partial charge is 0.507 e. The highest BCUT2D eigenvalue weighted by molar-refractivity contribution is 6.05. The van der Waals surface area contributed by atoms with Crippen molar-refractivity contribution in [3.05, 3.63) is 17.2 Å². The fourth-order valence-corrected chi connectivity index (χ4v) is 3.35. The lowest BCUT2D eigenvalue weighted by atomic mass is 9.73. The van der Waals surface area contributed by atoms with Gasteiger partial charge in [0.05, 0.1) is 31.3 Å². The van der Waals surface area contributed by atoms with Crippen LogP contribution in [0.2, 0.25) is 0 Å². The fourth-order valence-electron chi connectivity index (χ4n) is 3.35. The molecule has 1 aliphatic heterocycles. The molecule has 6 nitrogen and oxygen atoms in total. The molecule has 1 aromatic rings. The smallest absolute Gasteiger partial charge is 0.172 e. The molecule has 1 heterocycles. The van der Waals surface area contributed by atoms with Crippen LogP contribution in [0.5, 0.6) is 17.2 Å². The number of carbonyl (C=O) groups excluding carboxylic acids is 2. The van der Waals surface area contributed by atoms with Crippen LogP contribution in [-0.4, -0.2) is 35.5 Å². The summed E-state index contributed by atoms with van der Waals surface area (Å²) in [5.74, 6) is -1.45. The predicted octanol–water partition coefficient (Wildman–Crippen LogP) is 1.59. The van der Waals surface area contributed by atoms with E-state index >= 15 is 0 Å². The number of hydrogen-bond donors (Lipinski definition) is 2. The number of hydrogen-bond acceptors (Lipinski definition) is 6. The molecule has 2 N–H and O–H groups in total. The number of benzene rings is 1. The van der Waals surface area contributed by atoms with Gasteiger partial charge in [-0.1, -0.05) is 0 Å². The highest BCUT2D eigenvalue weighted by atomic mass is 16.5. The minimum absolute atomic E-state index is 0.0386. The molecule has 0 aromatic heterocycles. The Kier molecular flexibility index (Phi) is 3.13. The molecule has 1 aliphatic carbocycles.